The largest absolute Gasteiger partial charge is 0.497 e. The van der Waals surface area contributed by atoms with Crippen LogP contribution in [0.4, 0.5) is 9.93 Å². The Kier molecular flexibility index (Phi) is 10.7. The number of likely N-dealkylation sites (tertiary alicyclic amines) is 1. The molecular weight excluding hydrogens is 725 g/mol. The van der Waals surface area contributed by atoms with Crippen molar-refractivity contribution in [2.75, 3.05) is 19.0 Å². The van der Waals surface area contributed by atoms with E-state index in [0.717, 1.165) is 43.7 Å². The second-order valence-corrected chi connectivity index (χ2v) is 17.1. The van der Waals surface area contributed by atoms with Crippen molar-refractivity contribution in [2.45, 2.75) is 114 Å². The third kappa shape index (κ3) is 8.07. The first-order chi connectivity index (χ1) is 26.3. The topological polar surface area (TPSA) is 181 Å². The molecule has 1 aromatic carbocycles. The number of alkyl carbamates (subject to hydrolysis) is 1. The van der Waals surface area contributed by atoms with E-state index >= 15 is 0 Å². The fourth-order valence-electron chi connectivity index (χ4n) is 7.71. The van der Waals surface area contributed by atoms with Gasteiger partial charge in [0.15, 0.2) is 5.13 Å². The second kappa shape index (κ2) is 15.3. The van der Waals surface area contributed by atoms with Crippen LogP contribution in [0.5, 0.6) is 11.5 Å². The van der Waals surface area contributed by atoms with E-state index < -0.39 is 58.9 Å². The molecule has 4 aliphatic rings. The maximum absolute atomic E-state index is 14.6. The Morgan fingerprint density at radius 2 is 1.82 bits per heavy atom. The summed E-state index contributed by atoms with van der Waals surface area (Å²) >= 11 is 1.51. The second-order valence-electron chi connectivity index (χ2n) is 16.2. The van der Waals surface area contributed by atoms with E-state index in [9.17, 15) is 24.3 Å². The van der Waals surface area contributed by atoms with Crippen LogP contribution in [0.25, 0.3) is 22.3 Å². The number of ether oxygens (including phenoxy) is 3. The van der Waals surface area contributed by atoms with Crippen LogP contribution in [-0.2, 0) is 19.1 Å². The summed E-state index contributed by atoms with van der Waals surface area (Å²) < 4.78 is 17.9. The highest BCUT2D eigenvalue weighted by Gasteiger charge is 2.61. The highest BCUT2D eigenvalue weighted by Crippen LogP contribution is 2.45. The Morgan fingerprint density at radius 1 is 1.05 bits per heavy atom. The molecule has 1 saturated heterocycles. The van der Waals surface area contributed by atoms with Gasteiger partial charge in [0.1, 0.15) is 47.0 Å². The highest BCUT2D eigenvalue weighted by molar-refractivity contribution is 7.14. The molecule has 3 heterocycles. The van der Waals surface area contributed by atoms with E-state index in [-0.39, 0.29) is 25.5 Å². The molecule has 4 fully saturated rings. The van der Waals surface area contributed by atoms with Crippen LogP contribution < -0.4 is 25.4 Å². The summed E-state index contributed by atoms with van der Waals surface area (Å²) in [7, 11) is 1.58. The summed E-state index contributed by atoms with van der Waals surface area (Å²) in [6.45, 7) is 9.21. The van der Waals surface area contributed by atoms with Gasteiger partial charge < -0.3 is 40.2 Å². The number of rotatable bonds is 13. The lowest BCUT2D eigenvalue weighted by molar-refractivity contribution is -0.146. The van der Waals surface area contributed by atoms with Crippen molar-refractivity contribution in [3.63, 3.8) is 0 Å². The van der Waals surface area contributed by atoms with E-state index in [4.69, 9.17) is 24.2 Å². The third-order valence-electron chi connectivity index (χ3n) is 11.3. The minimum atomic E-state index is -1.51. The average molecular weight is 775 g/mol. The summed E-state index contributed by atoms with van der Waals surface area (Å²) in [5, 5.41) is 22.6. The van der Waals surface area contributed by atoms with E-state index in [1.54, 1.807) is 7.11 Å². The van der Waals surface area contributed by atoms with Crippen molar-refractivity contribution < 1.29 is 38.5 Å². The van der Waals surface area contributed by atoms with Crippen molar-refractivity contribution >= 4 is 51.2 Å². The SMILES string of the molecule is C=CC1CC1(NC(=O)C1CC(Oc2cc(-c3csc(NC4CCC4)n3)nc3cc(OC)ccc23)CN1C(=O)C(NC(=O)OC1CCCC1)C(C)(C)C)C(=O)O. The van der Waals surface area contributed by atoms with Crippen molar-refractivity contribution in [1.82, 2.24) is 25.5 Å². The van der Waals surface area contributed by atoms with Gasteiger partial charge in [0, 0.05) is 41.3 Å². The van der Waals surface area contributed by atoms with Gasteiger partial charge in [-0.05, 0) is 68.9 Å². The Morgan fingerprint density at radius 3 is 2.45 bits per heavy atom. The zero-order valence-corrected chi connectivity index (χ0v) is 32.6. The Hall–Kier alpha value is -4.92. The van der Waals surface area contributed by atoms with Gasteiger partial charge in [0.25, 0.3) is 0 Å². The van der Waals surface area contributed by atoms with Crippen LogP contribution in [-0.4, -0.2) is 93.4 Å². The first-order valence-corrected chi connectivity index (χ1v) is 20.0. The van der Waals surface area contributed by atoms with Crippen LogP contribution in [0.2, 0.25) is 0 Å². The molecule has 0 radical (unpaired) electrons. The summed E-state index contributed by atoms with van der Waals surface area (Å²) in [5.41, 5.74) is -0.411. The van der Waals surface area contributed by atoms with Gasteiger partial charge in [0.05, 0.1) is 24.9 Å². The molecule has 3 saturated carbocycles. The smallest absolute Gasteiger partial charge is 0.408 e. The molecule has 0 spiro atoms. The molecule has 294 valence electrons. The number of hydrogen-bond donors (Lipinski definition) is 4. The molecular formula is C40H50N6O8S. The number of carboxylic acid groups (broad SMARTS) is 1. The molecule has 15 heteroatoms. The number of anilines is 1. The van der Waals surface area contributed by atoms with Gasteiger partial charge in [-0.15, -0.1) is 17.9 Å². The van der Waals surface area contributed by atoms with Crippen LogP contribution >= 0.6 is 11.3 Å². The van der Waals surface area contributed by atoms with Gasteiger partial charge in [-0.1, -0.05) is 26.8 Å². The van der Waals surface area contributed by atoms with Crippen molar-refractivity contribution in [3.8, 4) is 22.9 Å². The molecule has 0 bridgehead atoms. The quantitative estimate of drug-likeness (QED) is 0.152. The number of methoxy groups -OCH3 is 1. The van der Waals surface area contributed by atoms with Crippen molar-refractivity contribution in [3.05, 3.63) is 42.3 Å². The van der Waals surface area contributed by atoms with E-state index in [1.165, 1.54) is 28.7 Å². The van der Waals surface area contributed by atoms with E-state index in [1.807, 2.05) is 50.4 Å². The van der Waals surface area contributed by atoms with Crippen LogP contribution in [0.1, 0.15) is 78.6 Å². The Bertz CT molecular complexity index is 1970. The van der Waals surface area contributed by atoms with Crippen LogP contribution in [0, 0.1) is 11.3 Å². The number of pyridine rings is 1. The van der Waals surface area contributed by atoms with Crippen molar-refractivity contribution in [2.24, 2.45) is 11.3 Å². The van der Waals surface area contributed by atoms with Gasteiger partial charge in [-0.2, -0.15) is 0 Å². The standard InChI is InChI=1S/C40H50N6O8S/c1-6-22-19-40(22,36(49)50)45-34(47)31-17-26(20-46(31)35(48)33(39(2,3)4)44-38(51)54-24-12-7-8-13-24)53-32-18-29(42-28-16-25(52-5)14-15-27(28)32)30-21-55-37(43-30)41-23-10-9-11-23/h6,14-16,18,21-24,26,31,33H,1,7-13,17,19-20H2,2-5H3,(H,41,43)(H,44,51)(H,45,47)(H,49,50). The predicted molar refractivity (Wildman–Crippen MR) is 207 cm³/mol. The number of hydrogen-bond acceptors (Lipinski definition) is 11. The monoisotopic (exact) mass is 774 g/mol. The molecule has 5 atom stereocenters. The molecule has 3 amide bonds. The van der Waals surface area contributed by atoms with Crippen LogP contribution in [0.15, 0.2) is 42.3 Å². The van der Waals surface area contributed by atoms with Gasteiger partial charge in [-0.25, -0.2) is 19.6 Å². The van der Waals surface area contributed by atoms with Crippen molar-refractivity contribution in [1.29, 1.82) is 0 Å². The summed E-state index contributed by atoms with van der Waals surface area (Å²) in [5.74, 6) is -1.65. The van der Waals surface area contributed by atoms with E-state index in [2.05, 4.69) is 22.5 Å². The molecule has 3 aromatic rings. The fourth-order valence-corrected chi connectivity index (χ4v) is 8.50. The normalized spacial score (nSPS) is 24.4. The Labute approximate surface area is 324 Å². The summed E-state index contributed by atoms with van der Waals surface area (Å²) in [4.78, 5) is 65.3. The zero-order chi connectivity index (χ0) is 39.1. The number of fused-ring (bicyclic) bond motifs is 1. The molecule has 14 nitrogen and oxygen atoms in total. The Balaban J connectivity index is 1.19. The first kappa shape index (κ1) is 38.4. The molecule has 55 heavy (non-hydrogen) atoms. The number of amides is 3. The molecule has 1 aliphatic heterocycles. The predicted octanol–water partition coefficient (Wildman–Crippen LogP) is 5.91. The van der Waals surface area contributed by atoms with Crippen LogP contribution in [0.3, 0.4) is 0 Å². The number of thiazole rings is 1. The number of aromatic nitrogens is 2. The summed E-state index contributed by atoms with van der Waals surface area (Å²) in [6, 6.07) is 5.55. The van der Waals surface area contributed by atoms with Gasteiger partial charge >= 0.3 is 12.1 Å². The summed E-state index contributed by atoms with van der Waals surface area (Å²) in [6.07, 6.45) is 7.11. The number of benzene rings is 1. The first-order valence-electron chi connectivity index (χ1n) is 19.1. The minimum Gasteiger partial charge on any atom is -0.497 e. The number of carbonyl (C=O) groups is 4. The molecule has 4 N–H and O–H groups in total. The molecule has 7 rings (SSSR count). The van der Waals surface area contributed by atoms with E-state index in [0.29, 0.717) is 39.8 Å². The number of carbonyl (C=O) groups excluding carboxylic acids is 3. The molecule has 5 unspecified atom stereocenters. The number of nitrogens with zero attached hydrogens (tertiary/aromatic N) is 3. The number of aliphatic carboxylic acids is 1. The fraction of sp³-hybridized carbons (Fsp3) is 0.550. The average Bonchev–Trinajstić information content (AvgIpc) is 3.55. The molecule has 2 aromatic heterocycles. The molecule has 3 aliphatic carbocycles. The number of nitrogens with one attached hydrogen (secondary N) is 3. The minimum absolute atomic E-state index is 0.00469. The lowest BCUT2D eigenvalue weighted by Crippen LogP contribution is -2.59. The zero-order valence-electron chi connectivity index (χ0n) is 31.8. The lowest BCUT2D eigenvalue weighted by Gasteiger charge is -2.35. The third-order valence-corrected chi connectivity index (χ3v) is 12.1. The maximum Gasteiger partial charge on any atom is 0.408 e. The highest BCUT2D eigenvalue weighted by atomic mass is 32.1. The lowest BCUT2D eigenvalue weighted by atomic mass is 9.85. The van der Waals surface area contributed by atoms with Gasteiger partial charge in [0.2, 0.25) is 11.8 Å². The van der Waals surface area contributed by atoms with Gasteiger partial charge in [-0.3, -0.25) is 9.59 Å². The number of carboxylic acids is 1. The maximum atomic E-state index is 14.6.